The van der Waals surface area contributed by atoms with Crippen LogP contribution in [0.25, 0.3) is 44.5 Å². The SMILES string of the molecule is CC(C)(C#N)c1ccc(-n2c3c4cc(-c5ccc(NC(=O)CN6CCC(=O)CC6)nc5)ccc4ncc3n3cnnc23)cc1. The molecule has 1 saturated heterocycles. The Balaban J connectivity index is 1.23. The highest BCUT2D eigenvalue weighted by atomic mass is 16.2. The van der Waals surface area contributed by atoms with E-state index < -0.39 is 5.41 Å². The number of imidazole rings is 1. The third kappa shape index (κ3) is 4.85. The maximum atomic E-state index is 12.6. The van der Waals surface area contributed by atoms with Gasteiger partial charge in [0.25, 0.3) is 0 Å². The monoisotopic (exact) mass is 583 g/mol. The number of ketones is 1. The lowest BCUT2D eigenvalue weighted by Gasteiger charge is -2.24. The number of Topliss-reactive ketones (excluding diaryl/α,β-unsaturated/α-hetero) is 1. The molecule has 4 aromatic heterocycles. The van der Waals surface area contributed by atoms with Gasteiger partial charge in [0.05, 0.1) is 40.8 Å². The molecule has 0 atom stereocenters. The first-order valence-corrected chi connectivity index (χ1v) is 14.5. The summed E-state index contributed by atoms with van der Waals surface area (Å²) in [5, 5.41) is 22.0. The van der Waals surface area contributed by atoms with Crippen LogP contribution in [0.15, 0.2) is 73.3 Å². The number of fused-ring (bicyclic) bond motifs is 5. The summed E-state index contributed by atoms with van der Waals surface area (Å²) < 4.78 is 3.98. The number of rotatable bonds is 6. The second kappa shape index (κ2) is 10.7. The van der Waals surface area contributed by atoms with Crippen LogP contribution in [0.2, 0.25) is 0 Å². The van der Waals surface area contributed by atoms with Crippen molar-refractivity contribution in [3.8, 4) is 22.9 Å². The van der Waals surface area contributed by atoms with Gasteiger partial charge in [0.15, 0.2) is 0 Å². The van der Waals surface area contributed by atoms with Gasteiger partial charge in [-0.3, -0.25) is 28.4 Å². The molecule has 44 heavy (non-hydrogen) atoms. The van der Waals surface area contributed by atoms with E-state index >= 15 is 0 Å². The summed E-state index contributed by atoms with van der Waals surface area (Å²) in [5.41, 5.74) is 5.70. The van der Waals surface area contributed by atoms with Crippen LogP contribution in [-0.2, 0) is 15.0 Å². The average molecular weight is 584 g/mol. The number of amides is 1. The zero-order valence-corrected chi connectivity index (χ0v) is 24.4. The first-order chi connectivity index (χ1) is 21.3. The molecular formula is C33H29N9O2. The highest BCUT2D eigenvalue weighted by Gasteiger charge is 2.22. The molecule has 1 aliphatic rings. The molecule has 0 radical (unpaired) electrons. The van der Waals surface area contributed by atoms with E-state index in [9.17, 15) is 14.9 Å². The van der Waals surface area contributed by atoms with Gasteiger partial charge < -0.3 is 5.32 Å². The van der Waals surface area contributed by atoms with Crippen LogP contribution >= 0.6 is 0 Å². The van der Waals surface area contributed by atoms with Crippen molar-refractivity contribution in [1.82, 2.24) is 34.0 Å². The fourth-order valence-corrected chi connectivity index (χ4v) is 5.73. The van der Waals surface area contributed by atoms with Crippen LogP contribution in [0, 0.1) is 11.3 Å². The van der Waals surface area contributed by atoms with Gasteiger partial charge in [-0.1, -0.05) is 18.2 Å². The van der Waals surface area contributed by atoms with E-state index in [0.29, 0.717) is 37.5 Å². The molecule has 5 heterocycles. The Labute approximate surface area is 252 Å². The maximum Gasteiger partial charge on any atom is 0.241 e. The number of piperidine rings is 1. The van der Waals surface area contributed by atoms with E-state index in [4.69, 9.17) is 4.98 Å². The third-order valence-corrected chi connectivity index (χ3v) is 8.31. The minimum atomic E-state index is -0.603. The molecule has 11 heteroatoms. The number of anilines is 1. The largest absolute Gasteiger partial charge is 0.310 e. The Morgan fingerprint density at radius 3 is 2.50 bits per heavy atom. The normalized spacial score (nSPS) is 14.3. The predicted octanol–water partition coefficient (Wildman–Crippen LogP) is 4.69. The highest BCUT2D eigenvalue weighted by Crippen LogP contribution is 2.33. The van der Waals surface area contributed by atoms with Crippen molar-refractivity contribution in [1.29, 1.82) is 5.26 Å². The molecule has 0 saturated carbocycles. The minimum absolute atomic E-state index is 0.150. The van der Waals surface area contributed by atoms with Crippen LogP contribution < -0.4 is 5.32 Å². The van der Waals surface area contributed by atoms with Crippen molar-refractivity contribution in [2.45, 2.75) is 32.1 Å². The molecule has 1 amide bonds. The van der Waals surface area contributed by atoms with E-state index in [-0.39, 0.29) is 18.2 Å². The number of pyridine rings is 2. The quantitative estimate of drug-likeness (QED) is 0.299. The molecule has 1 aliphatic heterocycles. The molecule has 218 valence electrons. The number of likely N-dealkylation sites (tertiary alicyclic amines) is 1. The van der Waals surface area contributed by atoms with Crippen LogP contribution in [0.4, 0.5) is 5.82 Å². The van der Waals surface area contributed by atoms with E-state index in [0.717, 1.165) is 44.3 Å². The average Bonchev–Trinajstić information content (AvgIpc) is 3.64. The highest BCUT2D eigenvalue weighted by molar-refractivity contribution is 6.06. The third-order valence-electron chi connectivity index (χ3n) is 8.31. The first kappa shape index (κ1) is 27.4. The Morgan fingerprint density at radius 2 is 1.77 bits per heavy atom. The Bertz CT molecular complexity index is 2090. The van der Waals surface area contributed by atoms with Gasteiger partial charge in [-0.25, -0.2) is 4.98 Å². The summed E-state index contributed by atoms with van der Waals surface area (Å²) in [6.07, 6.45) is 6.25. The number of carbonyl (C=O) groups is 2. The molecule has 0 spiro atoms. The van der Waals surface area contributed by atoms with Gasteiger partial charge in [0.1, 0.15) is 17.9 Å². The van der Waals surface area contributed by atoms with Crippen molar-refractivity contribution in [3.05, 3.63) is 78.9 Å². The van der Waals surface area contributed by atoms with E-state index in [1.54, 1.807) is 18.6 Å². The van der Waals surface area contributed by atoms with Crippen molar-refractivity contribution in [3.63, 3.8) is 0 Å². The lowest BCUT2D eigenvalue weighted by Crippen LogP contribution is -2.39. The molecule has 0 aliphatic carbocycles. The number of nitrogens with zero attached hydrogens (tertiary/aromatic N) is 8. The summed E-state index contributed by atoms with van der Waals surface area (Å²) in [6, 6.07) is 20.1. The Morgan fingerprint density at radius 1 is 1.00 bits per heavy atom. The molecule has 0 bridgehead atoms. The lowest BCUT2D eigenvalue weighted by molar-refractivity contribution is -0.124. The predicted molar refractivity (Wildman–Crippen MR) is 166 cm³/mol. The number of nitriles is 1. The van der Waals surface area contributed by atoms with E-state index in [2.05, 4.69) is 37.2 Å². The van der Waals surface area contributed by atoms with Gasteiger partial charge in [-0.2, -0.15) is 5.26 Å². The molecule has 7 rings (SSSR count). The number of hydrogen-bond acceptors (Lipinski definition) is 8. The molecule has 1 N–H and O–H groups in total. The second-order valence-corrected chi connectivity index (χ2v) is 11.6. The summed E-state index contributed by atoms with van der Waals surface area (Å²) in [5.74, 6) is 1.23. The standard InChI is InChI=1S/C33H29N9O2/c1-33(2,19-34)23-5-7-24(8-6-23)42-31-26-15-21(3-9-27(26)35-17-28(31)41-20-37-39-32(41)42)22-4-10-29(36-16-22)38-30(44)18-40-13-11-25(43)12-14-40/h3-10,15-17,20H,11-14,18H2,1-2H3,(H,36,38,44). The second-order valence-electron chi connectivity index (χ2n) is 11.6. The summed E-state index contributed by atoms with van der Waals surface area (Å²) in [6.45, 7) is 5.26. The zero-order valence-electron chi connectivity index (χ0n) is 24.4. The number of carbonyl (C=O) groups excluding carboxylic acids is 2. The van der Waals surface area contributed by atoms with Crippen LogP contribution in [0.1, 0.15) is 32.3 Å². The molecular weight excluding hydrogens is 554 g/mol. The molecule has 1 fully saturated rings. The van der Waals surface area contributed by atoms with Crippen LogP contribution in [-0.4, -0.2) is 65.4 Å². The lowest BCUT2D eigenvalue weighted by atomic mass is 9.86. The van der Waals surface area contributed by atoms with Crippen LogP contribution in [0.5, 0.6) is 0 Å². The number of nitrogens with one attached hydrogen (secondary N) is 1. The van der Waals surface area contributed by atoms with Gasteiger partial charge >= 0.3 is 0 Å². The van der Waals surface area contributed by atoms with Gasteiger partial charge in [-0.15, -0.1) is 10.2 Å². The van der Waals surface area contributed by atoms with E-state index in [1.165, 1.54) is 0 Å². The zero-order chi connectivity index (χ0) is 30.4. The van der Waals surface area contributed by atoms with Gasteiger partial charge in [0.2, 0.25) is 11.7 Å². The smallest absolute Gasteiger partial charge is 0.241 e. The topological polar surface area (TPSA) is 134 Å². The fraction of sp³-hybridized carbons (Fsp3) is 0.242. The maximum absolute atomic E-state index is 12.6. The fourth-order valence-electron chi connectivity index (χ4n) is 5.73. The first-order valence-electron chi connectivity index (χ1n) is 14.5. The number of aromatic nitrogens is 6. The molecule has 11 nitrogen and oxygen atoms in total. The molecule has 0 unspecified atom stereocenters. The van der Waals surface area contributed by atoms with Gasteiger partial charge in [0, 0.05) is 48.8 Å². The van der Waals surface area contributed by atoms with Gasteiger partial charge in [-0.05, 0) is 61.4 Å². The number of hydrogen-bond donors (Lipinski definition) is 1. The summed E-state index contributed by atoms with van der Waals surface area (Å²) >= 11 is 0. The summed E-state index contributed by atoms with van der Waals surface area (Å²) in [7, 11) is 0. The minimum Gasteiger partial charge on any atom is -0.310 e. The van der Waals surface area contributed by atoms with Crippen molar-refractivity contribution in [2.75, 3.05) is 25.0 Å². The van der Waals surface area contributed by atoms with Crippen molar-refractivity contribution >= 4 is 45.2 Å². The van der Waals surface area contributed by atoms with Crippen LogP contribution in [0.3, 0.4) is 0 Å². The number of benzene rings is 2. The molecule has 6 aromatic rings. The van der Waals surface area contributed by atoms with Crippen molar-refractivity contribution < 1.29 is 9.59 Å². The Kier molecular flexibility index (Phi) is 6.63. The summed E-state index contributed by atoms with van der Waals surface area (Å²) in [4.78, 5) is 35.2. The van der Waals surface area contributed by atoms with E-state index in [1.807, 2.05) is 71.8 Å². The Hall–Kier alpha value is -5.47. The molecule has 2 aromatic carbocycles. The van der Waals surface area contributed by atoms with Crippen molar-refractivity contribution in [2.24, 2.45) is 0 Å².